The van der Waals surface area contributed by atoms with Crippen molar-refractivity contribution in [2.75, 3.05) is 18.3 Å². The van der Waals surface area contributed by atoms with Crippen molar-refractivity contribution in [1.82, 2.24) is 24.6 Å². The van der Waals surface area contributed by atoms with Crippen LogP contribution >= 0.6 is 7.52 Å². The van der Waals surface area contributed by atoms with E-state index in [1.807, 2.05) is 41.8 Å². The summed E-state index contributed by atoms with van der Waals surface area (Å²) in [5.74, 6) is 0.766. The second-order valence-corrected chi connectivity index (χ2v) is 15.4. The van der Waals surface area contributed by atoms with Gasteiger partial charge in [0.1, 0.15) is 18.2 Å². The number of para-hydroxylation sites is 1. The second-order valence-electron chi connectivity index (χ2n) is 13.4. The van der Waals surface area contributed by atoms with Crippen LogP contribution in [-0.4, -0.2) is 55.8 Å². The highest BCUT2D eigenvalue weighted by Crippen LogP contribution is 2.46. The average molecular weight is 672 g/mol. The van der Waals surface area contributed by atoms with Crippen molar-refractivity contribution in [2.24, 2.45) is 17.0 Å². The Hall–Kier alpha value is -3.34. The number of carbonyl (C=O) groups is 1. The summed E-state index contributed by atoms with van der Waals surface area (Å²) in [5, 5.41) is 10.6. The average Bonchev–Trinajstić information content (AvgIpc) is 3.42. The molecule has 2 N–H and O–H groups in total. The molecule has 12 nitrogen and oxygen atoms in total. The molecule has 0 saturated heterocycles. The molecule has 0 fully saturated rings. The molecule has 3 aromatic rings. The number of carbonyl (C=O) groups excluding carboxylic acids is 1. The highest BCUT2D eigenvalue weighted by atomic mass is 31.2. The number of benzene rings is 1. The van der Waals surface area contributed by atoms with Gasteiger partial charge in [0.15, 0.2) is 17.0 Å². The van der Waals surface area contributed by atoms with Gasteiger partial charge >= 0.3 is 13.5 Å². The van der Waals surface area contributed by atoms with Crippen molar-refractivity contribution < 1.29 is 23.5 Å². The lowest BCUT2D eigenvalue weighted by Crippen LogP contribution is -2.47. The molecule has 0 aliphatic heterocycles. The molecule has 47 heavy (non-hydrogen) atoms. The Kier molecular flexibility index (Phi) is 14.8. The largest absolute Gasteiger partial charge is 0.464 e. The monoisotopic (exact) mass is 671 g/mol. The Morgan fingerprint density at radius 2 is 1.70 bits per heavy atom. The molecule has 260 valence electrons. The number of ether oxygens (including phenoxy) is 2. The van der Waals surface area contributed by atoms with Gasteiger partial charge in [-0.3, -0.25) is 9.36 Å². The molecule has 13 heteroatoms. The zero-order chi connectivity index (χ0) is 34.5. The van der Waals surface area contributed by atoms with E-state index in [-0.39, 0.29) is 6.35 Å². The van der Waals surface area contributed by atoms with Gasteiger partial charge in [0.2, 0.25) is 0 Å². The molecule has 1 aromatic carbocycles. The molecule has 3 rings (SSSR count). The van der Waals surface area contributed by atoms with Crippen molar-refractivity contribution in [1.29, 1.82) is 0 Å². The number of rotatable bonds is 21. The van der Waals surface area contributed by atoms with Crippen LogP contribution in [0.3, 0.4) is 0 Å². The molecule has 0 amide bonds. The first-order chi connectivity index (χ1) is 22.3. The number of hydrogen-bond acceptors (Lipinski definition) is 10. The summed E-state index contributed by atoms with van der Waals surface area (Å²) in [5.41, 5.74) is 1.64. The lowest BCUT2D eigenvalue weighted by molar-refractivity contribution is -0.149. The quantitative estimate of drug-likeness (QED) is 0.0375. The molecule has 0 aliphatic rings. The maximum atomic E-state index is 14.3. The van der Waals surface area contributed by atoms with Crippen LogP contribution in [0.1, 0.15) is 93.9 Å². The maximum absolute atomic E-state index is 14.3. The van der Waals surface area contributed by atoms with Crippen LogP contribution in [0.5, 0.6) is 0 Å². The summed E-state index contributed by atoms with van der Waals surface area (Å²) in [6.45, 7) is 16.3. The number of imidazole rings is 1. The molecule has 2 aromatic heterocycles. The number of nitrogens with zero attached hydrogens (tertiary/aromatic N) is 5. The van der Waals surface area contributed by atoms with E-state index in [0.29, 0.717) is 54.8 Å². The zero-order valence-corrected chi connectivity index (χ0v) is 30.3. The lowest BCUT2D eigenvalue weighted by Gasteiger charge is -2.29. The predicted octanol–water partition coefficient (Wildman–Crippen LogP) is 8.08. The summed E-state index contributed by atoms with van der Waals surface area (Å²) in [6.07, 6.45) is 7.77. The Morgan fingerprint density at radius 1 is 1.00 bits per heavy atom. The van der Waals surface area contributed by atoms with Gasteiger partial charge in [-0.2, -0.15) is 0 Å². The number of oxime groups is 1. The van der Waals surface area contributed by atoms with Crippen molar-refractivity contribution in [3.05, 3.63) is 43.0 Å². The van der Waals surface area contributed by atoms with Gasteiger partial charge in [-0.1, -0.05) is 77.2 Å². The molecule has 0 saturated carbocycles. The van der Waals surface area contributed by atoms with Gasteiger partial charge in [-0.25, -0.2) is 20.0 Å². The SMILES string of the molecule is CCCCCCOC(=O)C(C)(C)NP(=O)(CO[C@@H](C)Cn1cnc2c(Nc3ccccc3)ncnc21)ON=C(CC(C)C)CC(C)C. The van der Waals surface area contributed by atoms with E-state index in [2.05, 4.69) is 65.1 Å². The second kappa shape index (κ2) is 18.3. The predicted molar refractivity (Wildman–Crippen MR) is 188 cm³/mol. The van der Waals surface area contributed by atoms with Crippen LogP contribution in [0.2, 0.25) is 0 Å². The van der Waals surface area contributed by atoms with E-state index in [0.717, 1.165) is 37.1 Å². The number of aromatic nitrogens is 4. The van der Waals surface area contributed by atoms with E-state index in [1.165, 1.54) is 6.33 Å². The van der Waals surface area contributed by atoms with Gasteiger partial charge in [0, 0.05) is 5.69 Å². The minimum Gasteiger partial charge on any atom is -0.464 e. The van der Waals surface area contributed by atoms with Gasteiger partial charge in [-0.05, 0) is 64.0 Å². The van der Waals surface area contributed by atoms with E-state index in [4.69, 9.17) is 14.1 Å². The Balaban J connectivity index is 1.75. The molecule has 2 atom stereocenters. The van der Waals surface area contributed by atoms with Crippen LogP contribution in [-0.2, 0) is 30.0 Å². The molecule has 0 bridgehead atoms. The third-order valence-electron chi connectivity index (χ3n) is 7.20. The molecule has 0 radical (unpaired) electrons. The normalized spacial score (nSPS) is 13.8. The minimum atomic E-state index is -3.84. The fourth-order valence-electron chi connectivity index (χ4n) is 4.96. The molecule has 1 unspecified atom stereocenters. The van der Waals surface area contributed by atoms with Crippen LogP contribution in [0.4, 0.5) is 11.5 Å². The van der Waals surface area contributed by atoms with Gasteiger partial charge in [-0.15, -0.1) is 0 Å². The van der Waals surface area contributed by atoms with E-state index in [9.17, 15) is 9.36 Å². The molecule has 2 heterocycles. The van der Waals surface area contributed by atoms with Crippen LogP contribution in [0, 0.1) is 11.8 Å². The third-order valence-corrected chi connectivity index (χ3v) is 8.94. The Bertz CT molecular complexity index is 1460. The Labute approximate surface area is 280 Å². The highest BCUT2D eigenvalue weighted by Gasteiger charge is 2.40. The molecule has 0 aliphatic carbocycles. The lowest BCUT2D eigenvalue weighted by atomic mass is 9.99. The van der Waals surface area contributed by atoms with Gasteiger partial charge in [0.05, 0.1) is 31.3 Å². The summed E-state index contributed by atoms with van der Waals surface area (Å²) in [6, 6.07) is 9.72. The minimum absolute atomic E-state index is 0.304. The zero-order valence-electron chi connectivity index (χ0n) is 29.4. The summed E-state index contributed by atoms with van der Waals surface area (Å²) in [7, 11) is -3.84. The first-order valence-electron chi connectivity index (χ1n) is 16.7. The number of anilines is 2. The van der Waals surface area contributed by atoms with Crippen LogP contribution in [0.15, 0.2) is 48.1 Å². The number of hydrogen-bond donors (Lipinski definition) is 2. The molecular weight excluding hydrogens is 617 g/mol. The van der Waals surface area contributed by atoms with Gasteiger partial charge in [0.25, 0.3) is 0 Å². The van der Waals surface area contributed by atoms with Crippen molar-refractivity contribution in [3.63, 3.8) is 0 Å². The number of esters is 1. The Morgan fingerprint density at radius 3 is 2.36 bits per heavy atom. The topological polar surface area (TPSA) is 142 Å². The number of nitrogens with one attached hydrogen (secondary N) is 2. The van der Waals surface area contributed by atoms with Crippen molar-refractivity contribution in [2.45, 2.75) is 112 Å². The summed E-state index contributed by atoms with van der Waals surface area (Å²) in [4.78, 5) is 26.4. The third kappa shape index (κ3) is 12.7. The smallest absolute Gasteiger partial charge is 0.365 e. The maximum Gasteiger partial charge on any atom is 0.365 e. The van der Waals surface area contributed by atoms with Gasteiger partial charge < -0.3 is 24.0 Å². The fraction of sp³-hybridized carbons (Fsp3) is 0.618. The standard InChI is InChI=1S/C34H54N7O5P/c1-9-10-11-15-18-44-33(42)34(7,8)40-47(43,46-39-29(19-25(2)3)20-26(4)5)24-45-27(6)21-41-23-37-30-31(35-22-36-32(30)41)38-28-16-13-12-14-17-28/h12-14,16-17,22-23,25-27H,9-11,15,18-21,24H2,1-8H3,(H,40,43)(H,35,36,38)/t27-,47?/m0/s1. The highest BCUT2D eigenvalue weighted by molar-refractivity contribution is 7.56. The van der Waals surface area contributed by atoms with Crippen LogP contribution in [0.25, 0.3) is 11.2 Å². The van der Waals surface area contributed by atoms with E-state index >= 15 is 0 Å². The van der Waals surface area contributed by atoms with Crippen LogP contribution < -0.4 is 10.4 Å². The first kappa shape index (κ1) is 38.1. The first-order valence-corrected chi connectivity index (χ1v) is 18.5. The van der Waals surface area contributed by atoms with E-state index < -0.39 is 25.1 Å². The van der Waals surface area contributed by atoms with Crippen molar-refractivity contribution in [3.8, 4) is 0 Å². The van der Waals surface area contributed by atoms with Crippen molar-refractivity contribution >= 4 is 41.9 Å². The van der Waals surface area contributed by atoms with E-state index in [1.54, 1.807) is 20.2 Å². The molecule has 0 spiro atoms. The number of fused-ring (bicyclic) bond motifs is 1. The fourth-order valence-corrected chi connectivity index (χ4v) is 6.76. The summed E-state index contributed by atoms with van der Waals surface area (Å²) < 4.78 is 33.7. The molecular formula is C34H54N7O5P. The number of unbranched alkanes of at least 4 members (excludes halogenated alkanes) is 3. The summed E-state index contributed by atoms with van der Waals surface area (Å²) >= 11 is 0.